The van der Waals surface area contributed by atoms with E-state index in [2.05, 4.69) is 15.0 Å². The molecule has 1 fully saturated rings. The monoisotopic (exact) mass is 360 g/mol. The largest absolute Gasteiger partial charge is 0.365 e. The zero-order valence-electron chi connectivity index (χ0n) is 14.3. The Morgan fingerprint density at radius 3 is 2.96 bits per heavy atom. The van der Waals surface area contributed by atoms with Crippen molar-refractivity contribution in [3.05, 3.63) is 52.2 Å². The van der Waals surface area contributed by atoms with Crippen LogP contribution in [0.25, 0.3) is 28.5 Å². The summed E-state index contributed by atoms with van der Waals surface area (Å²) in [6.07, 6.45) is 8.72. The highest BCUT2D eigenvalue weighted by atomic mass is 16.1. The smallest absolute Gasteiger partial charge is 0.259 e. The van der Waals surface area contributed by atoms with Crippen LogP contribution in [0.15, 0.2) is 41.1 Å². The first-order valence-electron chi connectivity index (χ1n) is 8.52. The zero-order chi connectivity index (χ0) is 19.0. The van der Waals surface area contributed by atoms with E-state index in [4.69, 9.17) is 11.0 Å². The number of nitrogens with two attached hydrogens (primary N) is 1. The van der Waals surface area contributed by atoms with Crippen LogP contribution in [0.5, 0.6) is 0 Å². The average Bonchev–Trinajstić information content (AvgIpc) is 3.39. The van der Waals surface area contributed by atoms with Crippen molar-refractivity contribution in [3.8, 4) is 17.3 Å². The number of nitriles is 1. The maximum absolute atomic E-state index is 12.0. The van der Waals surface area contributed by atoms with Crippen LogP contribution in [-0.2, 0) is 11.3 Å². The third-order valence-electron chi connectivity index (χ3n) is 4.53. The van der Waals surface area contributed by atoms with Gasteiger partial charge in [-0.2, -0.15) is 5.26 Å². The highest BCUT2D eigenvalue weighted by molar-refractivity contribution is 6.02. The Balaban J connectivity index is 1.77. The van der Waals surface area contributed by atoms with Crippen LogP contribution in [0.4, 0.5) is 0 Å². The fourth-order valence-corrected chi connectivity index (χ4v) is 2.88. The van der Waals surface area contributed by atoms with Crippen molar-refractivity contribution in [1.82, 2.24) is 19.5 Å². The number of fused-ring (bicyclic) bond motifs is 1. The lowest BCUT2D eigenvalue weighted by molar-refractivity contribution is -0.114. The number of aromatic amines is 1. The van der Waals surface area contributed by atoms with E-state index in [1.165, 1.54) is 12.1 Å². The summed E-state index contributed by atoms with van der Waals surface area (Å²) >= 11 is 0. The van der Waals surface area contributed by atoms with Gasteiger partial charge >= 0.3 is 0 Å². The summed E-state index contributed by atoms with van der Waals surface area (Å²) in [7, 11) is 0. The third kappa shape index (κ3) is 3.35. The number of H-pyrrole nitrogens is 1. The lowest BCUT2D eigenvalue weighted by Gasteiger charge is -2.07. The fraction of sp³-hybridized carbons (Fsp3) is 0.211. The number of pyridine rings is 1. The second kappa shape index (κ2) is 6.53. The quantitative estimate of drug-likeness (QED) is 0.527. The Morgan fingerprint density at radius 2 is 2.26 bits per heavy atom. The molecule has 0 spiro atoms. The molecular weight excluding hydrogens is 344 g/mol. The van der Waals surface area contributed by atoms with E-state index in [9.17, 15) is 9.59 Å². The van der Waals surface area contributed by atoms with E-state index in [1.807, 2.05) is 0 Å². The van der Waals surface area contributed by atoms with E-state index in [0.29, 0.717) is 34.9 Å². The van der Waals surface area contributed by atoms with Crippen LogP contribution in [0.2, 0.25) is 0 Å². The number of nitrogens with zero attached hydrogens (tertiary/aromatic N) is 4. The van der Waals surface area contributed by atoms with Gasteiger partial charge in [-0.1, -0.05) is 0 Å². The highest BCUT2D eigenvalue weighted by Crippen LogP contribution is 2.30. The van der Waals surface area contributed by atoms with Gasteiger partial charge in [0.15, 0.2) is 5.65 Å². The third-order valence-corrected chi connectivity index (χ3v) is 4.53. The number of amides is 1. The minimum Gasteiger partial charge on any atom is -0.365 e. The second-order valence-corrected chi connectivity index (χ2v) is 6.58. The molecule has 0 saturated heterocycles. The zero-order valence-corrected chi connectivity index (χ0v) is 14.3. The summed E-state index contributed by atoms with van der Waals surface area (Å²) in [6.45, 7) is 0.713. The van der Waals surface area contributed by atoms with Crippen molar-refractivity contribution >= 4 is 23.1 Å². The van der Waals surface area contributed by atoms with Gasteiger partial charge in [0.05, 0.1) is 11.9 Å². The van der Waals surface area contributed by atoms with Crippen LogP contribution in [-0.4, -0.2) is 25.4 Å². The molecule has 0 aromatic carbocycles. The van der Waals surface area contributed by atoms with Crippen LogP contribution in [0.1, 0.15) is 18.4 Å². The molecule has 0 radical (unpaired) electrons. The molecule has 0 aliphatic heterocycles. The van der Waals surface area contributed by atoms with Gasteiger partial charge in [0.2, 0.25) is 0 Å². The van der Waals surface area contributed by atoms with Gasteiger partial charge in [0, 0.05) is 36.1 Å². The van der Waals surface area contributed by atoms with Crippen molar-refractivity contribution in [2.45, 2.75) is 19.4 Å². The topological polar surface area (TPSA) is 130 Å². The van der Waals surface area contributed by atoms with Crippen molar-refractivity contribution in [2.75, 3.05) is 0 Å². The van der Waals surface area contributed by atoms with Gasteiger partial charge in [0.25, 0.3) is 11.5 Å². The maximum atomic E-state index is 12.0. The summed E-state index contributed by atoms with van der Waals surface area (Å²) < 4.78 is 1.71. The molecule has 1 aliphatic carbocycles. The van der Waals surface area contributed by atoms with Crippen molar-refractivity contribution in [3.63, 3.8) is 0 Å². The van der Waals surface area contributed by atoms with Gasteiger partial charge < -0.3 is 15.3 Å². The van der Waals surface area contributed by atoms with Gasteiger partial charge in [-0.25, -0.2) is 9.97 Å². The van der Waals surface area contributed by atoms with Gasteiger partial charge in [0.1, 0.15) is 17.2 Å². The molecule has 0 unspecified atom stereocenters. The van der Waals surface area contributed by atoms with Crippen LogP contribution >= 0.6 is 0 Å². The summed E-state index contributed by atoms with van der Waals surface area (Å²) in [5.41, 5.74) is 7.95. The predicted molar refractivity (Wildman–Crippen MR) is 99.1 cm³/mol. The van der Waals surface area contributed by atoms with Gasteiger partial charge in [-0.3, -0.25) is 9.59 Å². The van der Waals surface area contributed by atoms with Crippen molar-refractivity contribution < 1.29 is 4.79 Å². The number of rotatable bonds is 5. The van der Waals surface area contributed by atoms with Crippen LogP contribution < -0.4 is 11.3 Å². The SMILES string of the molecule is N#C/C(=C\c1c[nH]c2ncc(-c3ccc(=O)n(CC4CC4)c3)nc12)C(N)=O. The first-order valence-corrected chi connectivity index (χ1v) is 8.52. The van der Waals surface area contributed by atoms with Crippen molar-refractivity contribution in [2.24, 2.45) is 11.7 Å². The number of hydrogen-bond acceptors (Lipinski definition) is 5. The first kappa shape index (κ1) is 16.7. The Morgan fingerprint density at radius 1 is 1.44 bits per heavy atom. The number of hydrogen-bond donors (Lipinski definition) is 2. The molecule has 3 heterocycles. The standard InChI is InChI=1S/C19H16N6O2/c20-6-13(18(21)27)5-14-7-22-19-17(14)24-15(8-23-19)12-3-4-16(26)25(10-12)9-11-1-2-11/h3-5,7-8,10-11H,1-2,9H2,(H2,21,27)(H,22,23)/b13-5+. The van der Waals surface area contributed by atoms with E-state index < -0.39 is 5.91 Å². The Kier molecular flexibility index (Phi) is 4.05. The molecule has 3 N–H and O–H groups in total. The van der Waals surface area contributed by atoms with E-state index in [1.54, 1.807) is 35.3 Å². The second-order valence-electron chi connectivity index (χ2n) is 6.58. The minimum absolute atomic E-state index is 0.0370. The van der Waals surface area contributed by atoms with Crippen LogP contribution in [0, 0.1) is 17.2 Å². The summed E-state index contributed by atoms with van der Waals surface area (Å²) in [5, 5.41) is 9.04. The molecule has 0 bridgehead atoms. The number of carbonyl (C=O) groups excluding carboxylic acids is 1. The number of nitrogens with one attached hydrogen (secondary N) is 1. The first-order chi connectivity index (χ1) is 13.0. The summed E-state index contributed by atoms with van der Waals surface area (Å²) in [4.78, 5) is 35.3. The lowest BCUT2D eigenvalue weighted by atomic mass is 10.1. The van der Waals surface area contributed by atoms with E-state index >= 15 is 0 Å². The van der Waals surface area contributed by atoms with Gasteiger partial charge in [-0.05, 0) is 30.9 Å². The van der Waals surface area contributed by atoms with Gasteiger partial charge in [-0.15, -0.1) is 0 Å². The summed E-state index contributed by atoms with van der Waals surface area (Å²) in [6, 6.07) is 5.02. The predicted octanol–water partition coefficient (Wildman–Crippen LogP) is 1.59. The molecule has 3 aromatic heterocycles. The molecule has 0 atom stereocenters. The fourth-order valence-electron chi connectivity index (χ4n) is 2.88. The normalized spacial score (nSPS) is 14.3. The molecule has 8 nitrogen and oxygen atoms in total. The Labute approximate surface area is 154 Å². The van der Waals surface area contributed by atoms with E-state index in [0.717, 1.165) is 18.4 Å². The molecule has 8 heteroatoms. The molecule has 1 saturated carbocycles. The average molecular weight is 360 g/mol. The lowest BCUT2D eigenvalue weighted by Crippen LogP contribution is -2.19. The molecule has 27 heavy (non-hydrogen) atoms. The molecule has 1 aliphatic rings. The molecular formula is C19H16N6O2. The maximum Gasteiger partial charge on any atom is 0.259 e. The number of aromatic nitrogens is 4. The Bertz CT molecular complexity index is 1180. The molecule has 3 aromatic rings. The molecule has 1 amide bonds. The molecule has 4 rings (SSSR count). The Hall–Kier alpha value is -3.73. The highest BCUT2D eigenvalue weighted by Gasteiger charge is 2.22. The molecule has 134 valence electrons. The number of primary amides is 1. The number of carbonyl (C=O) groups is 1. The van der Waals surface area contributed by atoms with Crippen LogP contribution in [0.3, 0.4) is 0 Å². The van der Waals surface area contributed by atoms with E-state index in [-0.39, 0.29) is 11.1 Å². The summed E-state index contributed by atoms with van der Waals surface area (Å²) in [5.74, 6) is -0.228. The van der Waals surface area contributed by atoms with Crippen molar-refractivity contribution in [1.29, 1.82) is 5.26 Å². The minimum atomic E-state index is -0.803.